The molecule has 0 saturated carbocycles. The molecule has 0 heterocycles. The Morgan fingerprint density at radius 2 is 1.75 bits per heavy atom. The molecule has 0 aromatic rings. The Labute approximate surface area is 96.4 Å². The predicted octanol–water partition coefficient (Wildman–Crippen LogP) is 0.875. The van der Waals surface area contributed by atoms with Gasteiger partial charge in [0.2, 0.25) is 5.91 Å². The minimum Gasteiger partial charge on any atom is -0.480 e. The lowest BCUT2D eigenvalue weighted by Gasteiger charge is -2.30. The molecule has 94 valence electrons. The van der Waals surface area contributed by atoms with Crippen LogP contribution in [-0.4, -0.2) is 29.1 Å². The Bertz CT molecular complexity index is 235. The fourth-order valence-electron chi connectivity index (χ4n) is 1.87. The van der Waals surface area contributed by atoms with Crippen LogP contribution in [0.25, 0.3) is 0 Å². The summed E-state index contributed by atoms with van der Waals surface area (Å²) in [6, 6.07) is 0. The van der Waals surface area contributed by atoms with Gasteiger partial charge in [-0.1, -0.05) is 26.7 Å². The highest BCUT2D eigenvalue weighted by Crippen LogP contribution is 2.20. The summed E-state index contributed by atoms with van der Waals surface area (Å²) < 4.78 is 0. The molecule has 0 fully saturated rings. The van der Waals surface area contributed by atoms with Crippen molar-refractivity contribution in [2.24, 2.45) is 5.73 Å². The Hall–Kier alpha value is -1.10. The molecule has 0 unspecified atom stereocenters. The molecule has 0 atom stereocenters. The van der Waals surface area contributed by atoms with Gasteiger partial charge in [0.25, 0.3) is 0 Å². The van der Waals surface area contributed by atoms with Gasteiger partial charge < -0.3 is 16.2 Å². The number of aliphatic carboxylic acids is 1. The highest BCUT2D eigenvalue weighted by atomic mass is 16.4. The standard InChI is InChI=1S/C11H22N2O3/c1-3-6-11(7-4-2,10(15)16)13-8-5-9(12)14/h13H,3-8H2,1-2H3,(H2,12,14)(H,15,16). The molecule has 0 bridgehead atoms. The van der Waals surface area contributed by atoms with Gasteiger partial charge in [-0.2, -0.15) is 0 Å². The molecule has 0 radical (unpaired) electrons. The first kappa shape index (κ1) is 14.9. The van der Waals surface area contributed by atoms with Crippen molar-refractivity contribution in [3.63, 3.8) is 0 Å². The number of nitrogens with two attached hydrogens (primary N) is 1. The van der Waals surface area contributed by atoms with Crippen molar-refractivity contribution < 1.29 is 14.7 Å². The van der Waals surface area contributed by atoms with E-state index in [-0.39, 0.29) is 6.42 Å². The van der Waals surface area contributed by atoms with Gasteiger partial charge in [0, 0.05) is 13.0 Å². The Morgan fingerprint density at radius 1 is 1.25 bits per heavy atom. The van der Waals surface area contributed by atoms with Gasteiger partial charge in [0.1, 0.15) is 5.54 Å². The average molecular weight is 230 g/mol. The molecule has 0 aliphatic rings. The van der Waals surface area contributed by atoms with Gasteiger partial charge in [-0.25, -0.2) is 0 Å². The number of carboxylic acids is 1. The van der Waals surface area contributed by atoms with Gasteiger partial charge in [0.15, 0.2) is 0 Å². The summed E-state index contributed by atoms with van der Waals surface area (Å²) >= 11 is 0. The molecule has 16 heavy (non-hydrogen) atoms. The first-order valence-electron chi connectivity index (χ1n) is 5.75. The lowest BCUT2D eigenvalue weighted by Crippen LogP contribution is -2.52. The Morgan fingerprint density at radius 3 is 2.06 bits per heavy atom. The number of carboxylic acid groups (broad SMARTS) is 1. The van der Waals surface area contributed by atoms with Crippen molar-refractivity contribution in [2.45, 2.75) is 51.5 Å². The second-order valence-corrected chi connectivity index (χ2v) is 4.03. The third-order valence-electron chi connectivity index (χ3n) is 2.60. The molecule has 0 aliphatic carbocycles. The second kappa shape index (κ2) is 7.22. The van der Waals surface area contributed by atoms with E-state index >= 15 is 0 Å². The van der Waals surface area contributed by atoms with Gasteiger partial charge in [0.05, 0.1) is 0 Å². The van der Waals surface area contributed by atoms with Gasteiger partial charge in [-0.05, 0) is 12.8 Å². The minimum absolute atomic E-state index is 0.169. The maximum absolute atomic E-state index is 11.3. The topological polar surface area (TPSA) is 92.4 Å². The zero-order chi connectivity index (χ0) is 12.6. The third-order valence-corrected chi connectivity index (χ3v) is 2.60. The van der Waals surface area contributed by atoms with E-state index in [1.165, 1.54) is 0 Å². The molecule has 5 nitrogen and oxygen atoms in total. The molecule has 0 spiro atoms. The van der Waals surface area contributed by atoms with E-state index in [0.717, 1.165) is 12.8 Å². The molecule has 0 aromatic heterocycles. The van der Waals surface area contributed by atoms with E-state index in [2.05, 4.69) is 5.32 Å². The Kier molecular flexibility index (Phi) is 6.72. The normalized spacial score (nSPS) is 11.4. The van der Waals surface area contributed by atoms with Crippen LogP contribution in [-0.2, 0) is 9.59 Å². The van der Waals surface area contributed by atoms with Crippen LogP contribution in [0.1, 0.15) is 46.0 Å². The largest absolute Gasteiger partial charge is 0.480 e. The van der Waals surface area contributed by atoms with E-state index in [1.807, 2.05) is 13.8 Å². The molecule has 4 N–H and O–H groups in total. The maximum atomic E-state index is 11.3. The smallest absolute Gasteiger partial charge is 0.323 e. The molecule has 0 aliphatic heterocycles. The number of nitrogens with one attached hydrogen (secondary N) is 1. The van der Waals surface area contributed by atoms with E-state index in [9.17, 15) is 14.7 Å². The monoisotopic (exact) mass is 230 g/mol. The summed E-state index contributed by atoms with van der Waals surface area (Å²) in [5, 5.41) is 12.2. The molecule has 5 heteroatoms. The van der Waals surface area contributed by atoms with Crippen molar-refractivity contribution in [2.75, 3.05) is 6.54 Å². The number of rotatable bonds is 9. The van der Waals surface area contributed by atoms with Crippen molar-refractivity contribution in [3.05, 3.63) is 0 Å². The first-order valence-corrected chi connectivity index (χ1v) is 5.75. The summed E-state index contributed by atoms with van der Waals surface area (Å²) in [5.41, 5.74) is 4.12. The van der Waals surface area contributed by atoms with Crippen molar-refractivity contribution in [3.8, 4) is 0 Å². The van der Waals surface area contributed by atoms with Crippen molar-refractivity contribution in [1.29, 1.82) is 0 Å². The average Bonchev–Trinajstić information content (AvgIpc) is 2.17. The lowest BCUT2D eigenvalue weighted by molar-refractivity contribution is -0.146. The predicted molar refractivity (Wildman–Crippen MR) is 62.0 cm³/mol. The van der Waals surface area contributed by atoms with Crippen molar-refractivity contribution >= 4 is 11.9 Å². The number of hydrogen-bond donors (Lipinski definition) is 3. The number of hydrogen-bond acceptors (Lipinski definition) is 3. The van der Waals surface area contributed by atoms with Crippen LogP contribution in [0.15, 0.2) is 0 Å². The highest BCUT2D eigenvalue weighted by Gasteiger charge is 2.35. The van der Waals surface area contributed by atoms with Crippen molar-refractivity contribution in [1.82, 2.24) is 5.32 Å². The third kappa shape index (κ3) is 4.61. The van der Waals surface area contributed by atoms with Crippen LogP contribution >= 0.6 is 0 Å². The highest BCUT2D eigenvalue weighted by molar-refractivity contribution is 5.79. The molecular formula is C11H22N2O3. The van der Waals surface area contributed by atoms with E-state index < -0.39 is 17.4 Å². The van der Waals surface area contributed by atoms with Gasteiger partial charge in [-0.15, -0.1) is 0 Å². The molecular weight excluding hydrogens is 208 g/mol. The molecule has 1 amide bonds. The maximum Gasteiger partial charge on any atom is 0.323 e. The van der Waals surface area contributed by atoms with E-state index in [0.29, 0.717) is 19.4 Å². The SMILES string of the molecule is CCCC(CCC)(NCCC(N)=O)C(=O)O. The lowest BCUT2D eigenvalue weighted by atomic mass is 9.88. The summed E-state index contributed by atoms with van der Waals surface area (Å²) in [4.78, 5) is 21.9. The summed E-state index contributed by atoms with van der Waals surface area (Å²) in [6.45, 7) is 4.22. The quantitative estimate of drug-likeness (QED) is 0.548. The summed E-state index contributed by atoms with van der Waals surface area (Å²) in [7, 11) is 0. The van der Waals surface area contributed by atoms with Crippen LogP contribution in [0, 0.1) is 0 Å². The van der Waals surface area contributed by atoms with Crippen LogP contribution in [0.2, 0.25) is 0 Å². The zero-order valence-electron chi connectivity index (χ0n) is 10.1. The second-order valence-electron chi connectivity index (χ2n) is 4.03. The van der Waals surface area contributed by atoms with Gasteiger partial charge in [-0.3, -0.25) is 9.59 Å². The minimum atomic E-state index is -0.904. The number of primary amides is 1. The van der Waals surface area contributed by atoms with Crippen LogP contribution in [0.4, 0.5) is 0 Å². The first-order chi connectivity index (χ1) is 7.48. The zero-order valence-corrected chi connectivity index (χ0v) is 10.1. The Balaban J connectivity index is 4.48. The van der Waals surface area contributed by atoms with Crippen LogP contribution in [0.3, 0.4) is 0 Å². The number of amides is 1. The van der Waals surface area contributed by atoms with Gasteiger partial charge >= 0.3 is 5.97 Å². The molecule has 0 saturated heterocycles. The van der Waals surface area contributed by atoms with E-state index in [1.54, 1.807) is 0 Å². The van der Waals surface area contributed by atoms with Crippen LogP contribution in [0.5, 0.6) is 0 Å². The summed E-state index contributed by atoms with van der Waals surface area (Å²) in [5.74, 6) is -1.26. The molecule has 0 aromatic carbocycles. The van der Waals surface area contributed by atoms with Crippen LogP contribution < -0.4 is 11.1 Å². The summed E-state index contributed by atoms with van der Waals surface area (Å²) in [6.07, 6.45) is 2.87. The van der Waals surface area contributed by atoms with E-state index in [4.69, 9.17) is 5.73 Å². The fourth-order valence-corrected chi connectivity index (χ4v) is 1.87. The fraction of sp³-hybridized carbons (Fsp3) is 0.818. The number of carbonyl (C=O) groups excluding carboxylic acids is 1. The number of carbonyl (C=O) groups is 2. The molecule has 0 rings (SSSR count).